The fraction of sp³-hybridized carbons (Fsp3) is 0.417. The van der Waals surface area contributed by atoms with Gasteiger partial charge in [0.1, 0.15) is 12.1 Å². The molecule has 0 saturated carbocycles. The number of methoxy groups -OCH3 is 1. The molecule has 2 aromatic rings. The SMILES string of the molecule is COCCN(CCC(N)=S)c1ncnc2ccsc12. The van der Waals surface area contributed by atoms with Crippen molar-refractivity contribution in [2.24, 2.45) is 5.73 Å². The van der Waals surface area contributed by atoms with E-state index in [2.05, 4.69) is 14.9 Å². The predicted octanol–water partition coefficient (Wildman–Crippen LogP) is 1.82. The Labute approximate surface area is 121 Å². The van der Waals surface area contributed by atoms with Crippen LogP contribution >= 0.6 is 23.6 Å². The number of thiophene rings is 1. The van der Waals surface area contributed by atoms with Crippen LogP contribution in [-0.2, 0) is 4.74 Å². The van der Waals surface area contributed by atoms with Crippen molar-refractivity contribution < 1.29 is 4.74 Å². The lowest BCUT2D eigenvalue weighted by Gasteiger charge is -2.23. The fourth-order valence-corrected chi connectivity index (χ4v) is 2.72. The van der Waals surface area contributed by atoms with Crippen molar-refractivity contribution in [3.63, 3.8) is 0 Å². The molecule has 0 spiro atoms. The fourth-order valence-electron chi connectivity index (χ4n) is 1.77. The molecule has 0 bridgehead atoms. The molecular weight excluding hydrogens is 280 g/mol. The highest BCUT2D eigenvalue weighted by Gasteiger charge is 2.13. The summed E-state index contributed by atoms with van der Waals surface area (Å²) in [6.45, 7) is 2.13. The number of hydrogen-bond donors (Lipinski definition) is 1. The summed E-state index contributed by atoms with van der Waals surface area (Å²) in [6, 6.07) is 1.99. The van der Waals surface area contributed by atoms with Crippen molar-refractivity contribution >= 4 is 44.6 Å². The summed E-state index contributed by atoms with van der Waals surface area (Å²) in [6.07, 6.45) is 2.25. The van der Waals surface area contributed by atoms with Gasteiger partial charge in [0, 0.05) is 26.6 Å². The molecule has 0 aromatic carbocycles. The Morgan fingerprint density at radius 3 is 3.05 bits per heavy atom. The molecule has 2 rings (SSSR count). The maximum absolute atomic E-state index is 5.58. The number of thiocarbonyl (C=S) groups is 1. The standard InChI is InChI=1S/C12H16N4OS2/c1-17-6-5-16(4-2-10(13)18)12-11-9(3-7-19-11)14-8-15-12/h3,7-8H,2,4-6H2,1H3,(H2,13,18). The highest BCUT2D eigenvalue weighted by molar-refractivity contribution is 7.80. The quantitative estimate of drug-likeness (QED) is 0.786. The van der Waals surface area contributed by atoms with Crippen molar-refractivity contribution in [1.29, 1.82) is 0 Å². The van der Waals surface area contributed by atoms with E-state index < -0.39 is 0 Å². The summed E-state index contributed by atoms with van der Waals surface area (Å²) in [4.78, 5) is 11.3. The third-order valence-corrected chi connectivity index (χ3v) is 3.82. The zero-order valence-corrected chi connectivity index (χ0v) is 12.3. The third kappa shape index (κ3) is 3.59. The first-order valence-corrected chi connectivity index (χ1v) is 7.21. The molecule has 0 amide bonds. The molecule has 0 fully saturated rings. The molecule has 5 nitrogen and oxygen atoms in total. The molecule has 0 saturated heterocycles. The van der Waals surface area contributed by atoms with Gasteiger partial charge in [-0.15, -0.1) is 11.3 Å². The molecule has 0 aliphatic rings. The minimum Gasteiger partial charge on any atom is -0.393 e. The number of nitrogens with zero attached hydrogens (tertiary/aromatic N) is 3. The average molecular weight is 296 g/mol. The van der Waals surface area contributed by atoms with Crippen molar-refractivity contribution in [1.82, 2.24) is 9.97 Å². The van der Waals surface area contributed by atoms with Gasteiger partial charge in [0.05, 0.1) is 21.8 Å². The first kappa shape index (κ1) is 14.1. The molecule has 0 unspecified atom stereocenters. The lowest BCUT2D eigenvalue weighted by Crippen LogP contribution is -2.31. The summed E-state index contributed by atoms with van der Waals surface area (Å²) in [5.41, 5.74) is 6.55. The molecule has 7 heteroatoms. The first-order valence-electron chi connectivity index (χ1n) is 5.92. The van der Waals surface area contributed by atoms with Gasteiger partial charge in [-0.25, -0.2) is 9.97 Å². The molecule has 2 aromatic heterocycles. The van der Waals surface area contributed by atoms with Gasteiger partial charge in [-0.05, 0) is 11.4 Å². The maximum atomic E-state index is 5.58. The van der Waals surface area contributed by atoms with Crippen molar-refractivity contribution in [3.05, 3.63) is 17.8 Å². The molecule has 2 heterocycles. The Balaban J connectivity index is 2.25. The van der Waals surface area contributed by atoms with E-state index >= 15 is 0 Å². The molecule has 2 N–H and O–H groups in total. The van der Waals surface area contributed by atoms with Gasteiger partial charge >= 0.3 is 0 Å². The summed E-state index contributed by atoms with van der Waals surface area (Å²) in [5, 5.41) is 2.02. The van der Waals surface area contributed by atoms with Crippen LogP contribution in [0, 0.1) is 0 Å². The Hall–Kier alpha value is -1.31. The van der Waals surface area contributed by atoms with E-state index in [1.54, 1.807) is 24.8 Å². The van der Waals surface area contributed by atoms with Gasteiger partial charge in [-0.1, -0.05) is 12.2 Å². The molecule has 0 radical (unpaired) electrons. The van der Waals surface area contributed by atoms with Crippen LogP contribution in [0.15, 0.2) is 17.8 Å². The van der Waals surface area contributed by atoms with Gasteiger partial charge in [-0.2, -0.15) is 0 Å². The van der Waals surface area contributed by atoms with Crippen LogP contribution in [-0.4, -0.2) is 41.8 Å². The summed E-state index contributed by atoms with van der Waals surface area (Å²) < 4.78 is 6.23. The van der Waals surface area contributed by atoms with Crippen LogP contribution < -0.4 is 10.6 Å². The highest BCUT2D eigenvalue weighted by atomic mass is 32.1. The number of anilines is 1. The topological polar surface area (TPSA) is 64.3 Å². The van der Waals surface area contributed by atoms with Gasteiger partial charge in [0.25, 0.3) is 0 Å². The van der Waals surface area contributed by atoms with Crippen molar-refractivity contribution in [2.45, 2.75) is 6.42 Å². The van der Waals surface area contributed by atoms with E-state index in [-0.39, 0.29) is 0 Å². The van der Waals surface area contributed by atoms with Crippen LogP contribution in [0.1, 0.15) is 6.42 Å². The van der Waals surface area contributed by atoms with Crippen LogP contribution in [0.2, 0.25) is 0 Å². The van der Waals surface area contributed by atoms with E-state index in [1.165, 1.54) is 0 Å². The summed E-state index contributed by atoms with van der Waals surface area (Å²) in [5.74, 6) is 0.924. The molecule has 0 aliphatic heterocycles. The van der Waals surface area contributed by atoms with Gasteiger partial charge in [-0.3, -0.25) is 0 Å². The summed E-state index contributed by atoms with van der Waals surface area (Å²) >= 11 is 6.58. The van der Waals surface area contributed by atoms with Gasteiger partial charge < -0.3 is 15.4 Å². The first-order chi connectivity index (χ1) is 9.22. The van der Waals surface area contributed by atoms with Crippen molar-refractivity contribution in [3.8, 4) is 0 Å². The minimum absolute atomic E-state index is 0.513. The molecule has 19 heavy (non-hydrogen) atoms. The lowest BCUT2D eigenvalue weighted by atomic mass is 10.3. The average Bonchev–Trinajstić information content (AvgIpc) is 2.87. The predicted molar refractivity (Wildman–Crippen MR) is 82.9 cm³/mol. The maximum Gasteiger partial charge on any atom is 0.150 e. The second-order valence-electron chi connectivity index (χ2n) is 4.03. The van der Waals surface area contributed by atoms with Crippen LogP contribution in [0.5, 0.6) is 0 Å². The molecule has 0 atom stereocenters. The number of fused-ring (bicyclic) bond motifs is 1. The van der Waals surface area contributed by atoms with Gasteiger partial charge in [0.2, 0.25) is 0 Å². The molecular formula is C12H16N4OS2. The van der Waals surface area contributed by atoms with E-state index in [4.69, 9.17) is 22.7 Å². The highest BCUT2D eigenvalue weighted by Crippen LogP contribution is 2.27. The Morgan fingerprint density at radius 2 is 2.32 bits per heavy atom. The zero-order chi connectivity index (χ0) is 13.7. The minimum atomic E-state index is 0.513. The Kier molecular flexibility index (Phi) is 5.00. The Bertz CT molecular complexity index is 557. The number of hydrogen-bond acceptors (Lipinski definition) is 6. The van der Waals surface area contributed by atoms with Crippen LogP contribution in [0.3, 0.4) is 0 Å². The number of ether oxygens (including phenoxy) is 1. The second kappa shape index (κ2) is 6.74. The van der Waals surface area contributed by atoms with Crippen LogP contribution in [0.4, 0.5) is 5.82 Å². The van der Waals surface area contributed by atoms with Crippen LogP contribution in [0.25, 0.3) is 10.2 Å². The molecule has 102 valence electrons. The van der Waals surface area contributed by atoms with Gasteiger partial charge in [0.15, 0.2) is 0 Å². The Morgan fingerprint density at radius 1 is 1.47 bits per heavy atom. The lowest BCUT2D eigenvalue weighted by molar-refractivity contribution is 0.205. The smallest absolute Gasteiger partial charge is 0.150 e. The molecule has 0 aliphatic carbocycles. The van der Waals surface area contributed by atoms with Crippen molar-refractivity contribution in [2.75, 3.05) is 31.7 Å². The number of rotatable bonds is 7. The number of nitrogens with two attached hydrogens (primary N) is 1. The second-order valence-corrected chi connectivity index (χ2v) is 5.47. The third-order valence-electron chi connectivity index (χ3n) is 2.72. The summed E-state index contributed by atoms with van der Waals surface area (Å²) in [7, 11) is 1.69. The van der Waals surface area contributed by atoms with E-state index in [9.17, 15) is 0 Å². The largest absolute Gasteiger partial charge is 0.393 e. The number of aromatic nitrogens is 2. The van der Waals surface area contributed by atoms with E-state index in [0.29, 0.717) is 18.0 Å². The van der Waals surface area contributed by atoms with E-state index in [0.717, 1.165) is 29.1 Å². The normalized spacial score (nSPS) is 10.8. The zero-order valence-electron chi connectivity index (χ0n) is 10.7. The monoisotopic (exact) mass is 296 g/mol. The van der Waals surface area contributed by atoms with E-state index in [1.807, 2.05) is 11.4 Å².